The standard InChI is InChI=1S/C43H26N2/c44-27-28-21-23-33-34-24-22-30(26-41(34)45(40(33)25-28)31-13-2-1-3-14-31)42-36-16-6-8-18-38(36)43(39-19-9-7-17-37(39)42)35-20-10-12-29-11-4-5-15-32(29)35/h1-26H. The topological polar surface area (TPSA) is 28.7 Å². The SMILES string of the molecule is N#Cc1ccc2c3ccc(-c4c5ccccc5c(-c5cccc6ccccc56)c5ccccc45)cc3n(-c3ccccc3)c2c1. The minimum absolute atomic E-state index is 0.656. The molecule has 0 amide bonds. The van der Waals surface area contributed by atoms with Crippen LogP contribution >= 0.6 is 0 Å². The van der Waals surface area contributed by atoms with Gasteiger partial charge in [-0.3, -0.25) is 0 Å². The predicted molar refractivity (Wildman–Crippen MR) is 189 cm³/mol. The third kappa shape index (κ3) is 3.81. The van der Waals surface area contributed by atoms with Crippen LogP contribution in [0, 0.1) is 11.3 Å². The van der Waals surface area contributed by atoms with Crippen molar-refractivity contribution >= 4 is 54.1 Å². The second kappa shape index (κ2) is 9.95. The maximum Gasteiger partial charge on any atom is 0.0992 e. The van der Waals surface area contributed by atoms with Crippen molar-refractivity contribution in [3.8, 4) is 34.0 Å². The lowest BCUT2D eigenvalue weighted by molar-refractivity contribution is 1.18. The molecule has 0 unspecified atom stereocenters. The van der Waals surface area contributed by atoms with E-state index in [2.05, 4.69) is 150 Å². The Balaban J connectivity index is 1.40. The molecule has 9 aromatic rings. The van der Waals surface area contributed by atoms with Gasteiger partial charge in [0.15, 0.2) is 0 Å². The van der Waals surface area contributed by atoms with E-state index in [0.29, 0.717) is 5.56 Å². The lowest BCUT2D eigenvalue weighted by Gasteiger charge is -2.19. The average Bonchev–Trinajstić information content (AvgIpc) is 3.43. The maximum atomic E-state index is 9.73. The largest absolute Gasteiger partial charge is 0.309 e. The summed E-state index contributed by atoms with van der Waals surface area (Å²) in [6.45, 7) is 0. The molecule has 0 saturated heterocycles. The Morgan fingerprint density at radius 2 is 0.978 bits per heavy atom. The third-order valence-corrected chi connectivity index (χ3v) is 9.19. The number of nitriles is 1. The molecule has 0 radical (unpaired) electrons. The molecule has 0 bridgehead atoms. The number of rotatable bonds is 3. The molecule has 0 aliphatic carbocycles. The van der Waals surface area contributed by atoms with Gasteiger partial charge in [0, 0.05) is 16.5 Å². The Morgan fingerprint density at radius 3 is 1.67 bits per heavy atom. The van der Waals surface area contributed by atoms with Gasteiger partial charge in [0.05, 0.1) is 22.7 Å². The van der Waals surface area contributed by atoms with Crippen molar-refractivity contribution in [1.82, 2.24) is 4.57 Å². The van der Waals surface area contributed by atoms with Crippen molar-refractivity contribution in [3.63, 3.8) is 0 Å². The molecule has 1 aromatic heterocycles. The summed E-state index contributed by atoms with van der Waals surface area (Å²) in [5.74, 6) is 0. The summed E-state index contributed by atoms with van der Waals surface area (Å²) in [5, 5.41) is 19.5. The van der Waals surface area contributed by atoms with Crippen LogP contribution in [0.25, 0.3) is 82.1 Å². The minimum Gasteiger partial charge on any atom is -0.309 e. The fourth-order valence-electron chi connectivity index (χ4n) is 7.27. The van der Waals surface area contributed by atoms with Crippen molar-refractivity contribution < 1.29 is 0 Å². The summed E-state index contributed by atoms with van der Waals surface area (Å²) >= 11 is 0. The molecule has 8 aromatic carbocycles. The Kier molecular flexibility index (Phi) is 5.60. The van der Waals surface area contributed by atoms with Crippen LogP contribution in [0.5, 0.6) is 0 Å². The first-order chi connectivity index (χ1) is 22.3. The zero-order valence-electron chi connectivity index (χ0n) is 24.4. The molecule has 45 heavy (non-hydrogen) atoms. The molecule has 0 spiro atoms. The Bertz CT molecular complexity index is 2590. The van der Waals surface area contributed by atoms with Crippen molar-refractivity contribution in [1.29, 1.82) is 5.26 Å². The summed E-state index contributed by atoms with van der Waals surface area (Å²) in [6, 6.07) is 58.6. The molecule has 0 atom stereocenters. The summed E-state index contributed by atoms with van der Waals surface area (Å²) in [4.78, 5) is 0. The number of fused-ring (bicyclic) bond motifs is 6. The van der Waals surface area contributed by atoms with Crippen molar-refractivity contribution in [2.75, 3.05) is 0 Å². The summed E-state index contributed by atoms with van der Waals surface area (Å²) in [7, 11) is 0. The fourth-order valence-corrected chi connectivity index (χ4v) is 7.27. The van der Waals surface area contributed by atoms with Crippen LogP contribution < -0.4 is 0 Å². The van der Waals surface area contributed by atoms with Crippen molar-refractivity contribution in [2.24, 2.45) is 0 Å². The van der Waals surface area contributed by atoms with Gasteiger partial charge < -0.3 is 4.57 Å². The number of nitrogens with zero attached hydrogens (tertiary/aromatic N) is 2. The lowest BCUT2D eigenvalue weighted by atomic mass is 9.84. The number of hydrogen-bond acceptors (Lipinski definition) is 1. The Morgan fingerprint density at radius 1 is 0.422 bits per heavy atom. The highest BCUT2D eigenvalue weighted by Crippen LogP contribution is 2.46. The molecule has 0 fully saturated rings. The molecule has 0 N–H and O–H groups in total. The van der Waals surface area contributed by atoms with Gasteiger partial charge in [-0.15, -0.1) is 0 Å². The van der Waals surface area contributed by atoms with E-state index < -0.39 is 0 Å². The van der Waals surface area contributed by atoms with Gasteiger partial charge in [0.2, 0.25) is 0 Å². The molecule has 2 nitrogen and oxygen atoms in total. The van der Waals surface area contributed by atoms with E-state index in [1.165, 1.54) is 60.0 Å². The second-order valence-electron chi connectivity index (χ2n) is 11.6. The summed E-state index contributed by atoms with van der Waals surface area (Å²) < 4.78 is 2.30. The van der Waals surface area contributed by atoms with Crippen molar-refractivity contribution in [3.05, 3.63) is 163 Å². The van der Waals surface area contributed by atoms with Crippen LogP contribution in [0.2, 0.25) is 0 Å². The van der Waals surface area contributed by atoms with Crippen molar-refractivity contribution in [2.45, 2.75) is 0 Å². The Hall–Kier alpha value is -6.17. The van der Waals surface area contributed by atoms with E-state index in [1.807, 2.05) is 18.2 Å². The molecular weight excluding hydrogens is 544 g/mol. The fraction of sp³-hybridized carbons (Fsp3) is 0. The van der Waals surface area contributed by atoms with Crippen LogP contribution in [0.3, 0.4) is 0 Å². The quantitative estimate of drug-likeness (QED) is 0.194. The highest BCUT2D eigenvalue weighted by atomic mass is 15.0. The number of hydrogen-bond donors (Lipinski definition) is 0. The van der Waals surface area contributed by atoms with E-state index in [9.17, 15) is 5.26 Å². The molecule has 0 aliphatic heterocycles. The summed E-state index contributed by atoms with van der Waals surface area (Å²) in [5.41, 5.74) is 8.80. The van der Waals surface area contributed by atoms with E-state index >= 15 is 0 Å². The smallest absolute Gasteiger partial charge is 0.0992 e. The minimum atomic E-state index is 0.656. The molecule has 1 heterocycles. The highest BCUT2D eigenvalue weighted by Gasteiger charge is 2.20. The van der Waals surface area contributed by atoms with Crippen LogP contribution in [-0.2, 0) is 0 Å². The maximum absolute atomic E-state index is 9.73. The monoisotopic (exact) mass is 570 g/mol. The van der Waals surface area contributed by atoms with Gasteiger partial charge in [-0.25, -0.2) is 0 Å². The van der Waals surface area contributed by atoms with Gasteiger partial charge in [0.25, 0.3) is 0 Å². The first kappa shape index (κ1) is 25.3. The van der Waals surface area contributed by atoms with Gasteiger partial charge in [-0.2, -0.15) is 5.26 Å². The van der Waals surface area contributed by atoms with Gasteiger partial charge in [-0.1, -0.05) is 127 Å². The molecule has 9 rings (SSSR count). The van der Waals surface area contributed by atoms with E-state index in [-0.39, 0.29) is 0 Å². The normalized spacial score (nSPS) is 11.5. The van der Waals surface area contributed by atoms with Gasteiger partial charge in [0.1, 0.15) is 0 Å². The first-order valence-corrected chi connectivity index (χ1v) is 15.3. The summed E-state index contributed by atoms with van der Waals surface area (Å²) in [6.07, 6.45) is 0. The van der Waals surface area contributed by atoms with E-state index in [4.69, 9.17) is 0 Å². The lowest BCUT2D eigenvalue weighted by Crippen LogP contribution is -1.94. The van der Waals surface area contributed by atoms with Crippen LogP contribution in [0.1, 0.15) is 5.56 Å². The van der Waals surface area contributed by atoms with Crippen LogP contribution in [-0.4, -0.2) is 4.57 Å². The molecule has 2 heteroatoms. The zero-order chi connectivity index (χ0) is 29.9. The predicted octanol–water partition coefficient (Wildman–Crippen LogP) is 11.4. The molecule has 0 saturated carbocycles. The van der Waals surface area contributed by atoms with Crippen LogP contribution in [0.15, 0.2) is 158 Å². The number of aromatic nitrogens is 1. The molecule has 0 aliphatic rings. The third-order valence-electron chi connectivity index (χ3n) is 9.19. The molecule has 208 valence electrons. The average molecular weight is 571 g/mol. The highest BCUT2D eigenvalue weighted by molar-refractivity contribution is 6.24. The van der Waals surface area contributed by atoms with E-state index in [1.54, 1.807) is 0 Å². The van der Waals surface area contributed by atoms with Crippen LogP contribution in [0.4, 0.5) is 0 Å². The number of para-hydroxylation sites is 1. The Labute approximate surface area is 260 Å². The number of benzene rings is 8. The van der Waals surface area contributed by atoms with Gasteiger partial charge >= 0.3 is 0 Å². The zero-order valence-corrected chi connectivity index (χ0v) is 24.4. The van der Waals surface area contributed by atoms with Gasteiger partial charge in [-0.05, 0) is 84.9 Å². The second-order valence-corrected chi connectivity index (χ2v) is 11.6. The molecular formula is C43H26N2. The first-order valence-electron chi connectivity index (χ1n) is 15.3. The van der Waals surface area contributed by atoms with E-state index in [0.717, 1.165) is 22.1 Å².